The fourth-order valence-electron chi connectivity index (χ4n) is 3.17. The summed E-state index contributed by atoms with van der Waals surface area (Å²) in [6, 6.07) is 21.1. The molecule has 3 aromatic rings. The molecule has 0 bridgehead atoms. The number of hydrogen-bond donors (Lipinski definition) is 0. The number of benzene rings is 2. The van der Waals surface area contributed by atoms with Crippen LogP contribution in [0.3, 0.4) is 0 Å². The number of halogens is 1. The quantitative estimate of drug-likeness (QED) is 0.265. The molecule has 1 amide bonds. The minimum atomic E-state index is -0.226. The maximum Gasteiger partial charge on any atom is 0.242 e. The van der Waals surface area contributed by atoms with Crippen LogP contribution in [0, 0.1) is 0 Å². The Morgan fingerprint density at radius 1 is 1.10 bits per heavy atom. The molecule has 0 saturated carbocycles. The highest BCUT2D eigenvalue weighted by Gasteiger charge is 2.37. The summed E-state index contributed by atoms with van der Waals surface area (Å²) in [4.78, 5) is 14.4. The summed E-state index contributed by atoms with van der Waals surface area (Å²) in [5, 5.41) is 9.44. The van der Waals surface area contributed by atoms with Crippen molar-refractivity contribution in [1.29, 1.82) is 0 Å². The number of carbonyl (C=O) groups is 1. The molecule has 7 heteroatoms. The van der Waals surface area contributed by atoms with Crippen molar-refractivity contribution in [1.82, 2.24) is 4.90 Å². The van der Waals surface area contributed by atoms with Crippen LogP contribution in [0.1, 0.15) is 11.3 Å². The molecule has 1 atom stereocenters. The van der Waals surface area contributed by atoms with Gasteiger partial charge in [0.25, 0.3) is 0 Å². The van der Waals surface area contributed by atoms with E-state index in [0.717, 1.165) is 11.1 Å². The summed E-state index contributed by atoms with van der Waals surface area (Å²) in [5.74, 6) is 1.30. The van der Waals surface area contributed by atoms with Gasteiger partial charge >= 0.3 is 0 Å². The molecular formula is C24H20ClN3O2S. The van der Waals surface area contributed by atoms with Crippen LogP contribution in [0.5, 0.6) is 0 Å². The summed E-state index contributed by atoms with van der Waals surface area (Å²) in [5.41, 5.74) is 2.04. The summed E-state index contributed by atoms with van der Waals surface area (Å²) in [6.07, 6.45) is 3.87. The van der Waals surface area contributed by atoms with Gasteiger partial charge in [0.2, 0.25) is 5.91 Å². The molecule has 0 spiro atoms. The monoisotopic (exact) mass is 449 g/mol. The van der Waals surface area contributed by atoms with Gasteiger partial charge in [-0.25, -0.2) is 0 Å². The van der Waals surface area contributed by atoms with Crippen LogP contribution in [-0.4, -0.2) is 34.0 Å². The molecule has 1 aliphatic rings. The molecule has 1 saturated heterocycles. The van der Waals surface area contributed by atoms with E-state index < -0.39 is 0 Å². The molecule has 0 aliphatic carbocycles. The van der Waals surface area contributed by atoms with Crippen molar-refractivity contribution in [3.8, 4) is 11.3 Å². The Balaban J connectivity index is 1.47. The molecule has 4 rings (SSSR count). The van der Waals surface area contributed by atoms with Gasteiger partial charge in [0.05, 0.1) is 11.5 Å². The van der Waals surface area contributed by atoms with Crippen molar-refractivity contribution in [2.45, 2.75) is 11.7 Å². The zero-order chi connectivity index (χ0) is 21.6. The lowest BCUT2D eigenvalue weighted by Crippen LogP contribution is -2.32. The smallest absolute Gasteiger partial charge is 0.242 e. The van der Waals surface area contributed by atoms with E-state index in [0.29, 0.717) is 34.7 Å². The number of hydrogen-bond acceptors (Lipinski definition) is 5. The molecule has 1 aromatic heterocycles. The van der Waals surface area contributed by atoms with Crippen molar-refractivity contribution in [2.75, 3.05) is 6.54 Å². The molecule has 0 N–H and O–H groups in total. The maximum atomic E-state index is 12.8. The number of rotatable bonds is 7. The van der Waals surface area contributed by atoms with Crippen LogP contribution in [0.4, 0.5) is 0 Å². The third-order valence-corrected chi connectivity index (χ3v) is 6.10. The average molecular weight is 450 g/mol. The Hall–Kier alpha value is -3.09. The Kier molecular flexibility index (Phi) is 6.70. The number of amides is 1. The van der Waals surface area contributed by atoms with E-state index in [4.69, 9.17) is 16.0 Å². The first-order valence-electron chi connectivity index (χ1n) is 9.73. The van der Waals surface area contributed by atoms with E-state index in [1.165, 1.54) is 18.0 Å². The summed E-state index contributed by atoms with van der Waals surface area (Å²) in [6.45, 7) is 4.14. The summed E-state index contributed by atoms with van der Waals surface area (Å²) in [7, 11) is 0. The van der Waals surface area contributed by atoms with Crippen LogP contribution in [0.15, 0.2) is 94.0 Å². The summed E-state index contributed by atoms with van der Waals surface area (Å²) < 4.78 is 5.80. The van der Waals surface area contributed by atoms with Crippen molar-refractivity contribution >= 4 is 40.7 Å². The largest absolute Gasteiger partial charge is 0.455 e. The maximum absolute atomic E-state index is 12.8. The number of thioether (sulfide) groups is 1. The molecular weight excluding hydrogens is 430 g/mol. The molecule has 2 heterocycles. The number of furan rings is 1. The first-order chi connectivity index (χ1) is 15.1. The third-order valence-electron chi connectivity index (χ3n) is 4.68. The van der Waals surface area contributed by atoms with E-state index >= 15 is 0 Å². The van der Waals surface area contributed by atoms with Gasteiger partial charge in [-0.05, 0) is 48.4 Å². The lowest BCUT2D eigenvalue weighted by atomic mass is 10.1. The number of amidine groups is 1. The molecule has 1 fully saturated rings. The highest BCUT2D eigenvalue weighted by molar-refractivity contribution is 8.15. The number of nitrogens with zero attached hydrogens (tertiary/aromatic N) is 3. The molecule has 1 aliphatic heterocycles. The third kappa shape index (κ3) is 5.16. The standard InChI is InChI=1S/C24H20ClN3O2S/c1-2-14-28-23(29)22(15-17-6-4-3-5-7-17)31-24(28)27-26-16-20-12-13-21(30-20)18-8-10-19(25)11-9-18/h2-13,16,22H,1,14-15H2/b26-16-,27-24+/t22-/m1/s1. The molecule has 31 heavy (non-hydrogen) atoms. The van der Waals surface area contributed by atoms with Gasteiger partial charge in [-0.2, -0.15) is 5.10 Å². The first kappa shape index (κ1) is 21.2. The van der Waals surface area contributed by atoms with Crippen molar-refractivity contribution in [2.24, 2.45) is 10.2 Å². The van der Waals surface area contributed by atoms with Gasteiger partial charge in [-0.1, -0.05) is 59.8 Å². The van der Waals surface area contributed by atoms with Gasteiger partial charge in [0.1, 0.15) is 11.5 Å². The van der Waals surface area contributed by atoms with Crippen LogP contribution in [0.25, 0.3) is 11.3 Å². The van der Waals surface area contributed by atoms with E-state index in [1.54, 1.807) is 11.0 Å². The summed E-state index contributed by atoms with van der Waals surface area (Å²) >= 11 is 7.35. The van der Waals surface area contributed by atoms with Crippen LogP contribution < -0.4 is 0 Å². The van der Waals surface area contributed by atoms with E-state index in [2.05, 4.69) is 16.8 Å². The SMILES string of the molecule is C=CCN1C(=O)[C@@H](Cc2ccccc2)S/C1=N/N=C\c1ccc(-c2ccc(Cl)cc2)o1. The van der Waals surface area contributed by atoms with Crippen molar-refractivity contribution in [3.05, 3.63) is 95.7 Å². The van der Waals surface area contributed by atoms with E-state index in [1.807, 2.05) is 66.7 Å². The Bertz CT molecular complexity index is 1120. The average Bonchev–Trinajstić information content (AvgIpc) is 3.36. The minimum Gasteiger partial charge on any atom is -0.455 e. The van der Waals surface area contributed by atoms with E-state index in [9.17, 15) is 4.79 Å². The Labute approximate surface area is 190 Å². The van der Waals surface area contributed by atoms with Crippen LogP contribution >= 0.6 is 23.4 Å². The zero-order valence-corrected chi connectivity index (χ0v) is 18.2. The number of carbonyl (C=O) groups excluding carboxylic acids is 1. The fourth-order valence-corrected chi connectivity index (χ4v) is 4.44. The Morgan fingerprint density at radius 3 is 2.61 bits per heavy atom. The topological polar surface area (TPSA) is 58.2 Å². The fraction of sp³-hybridized carbons (Fsp3) is 0.125. The second-order valence-electron chi connectivity index (χ2n) is 6.87. The molecule has 2 aromatic carbocycles. The predicted molar refractivity (Wildman–Crippen MR) is 128 cm³/mol. The minimum absolute atomic E-state index is 0.0192. The lowest BCUT2D eigenvalue weighted by molar-refractivity contribution is -0.125. The normalized spacial score (nSPS) is 17.7. The van der Waals surface area contributed by atoms with Crippen LogP contribution in [-0.2, 0) is 11.2 Å². The molecule has 5 nitrogen and oxygen atoms in total. The van der Waals surface area contributed by atoms with Crippen LogP contribution in [0.2, 0.25) is 5.02 Å². The lowest BCUT2D eigenvalue weighted by Gasteiger charge is -2.12. The predicted octanol–water partition coefficient (Wildman–Crippen LogP) is 5.66. The van der Waals surface area contributed by atoms with E-state index in [-0.39, 0.29) is 11.2 Å². The zero-order valence-electron chi connectivity index (χ0n) is 16.6. The van der Waals surface area contributed by atoms with Crippen molar-refractivity contribution < 1.29 is 9.21 Å². The van der Waals surface area contributed by atoms with Gasteiger partial charge < -0.3 is 4.42 Å². The second kappa shape index (κ2) is 9.81. The molecule has 0 radical (unpaired) electrons. The van der Waals surface area contributed by atoms with Crippen molar-refractivity contribution in [3.63, 3.8) is 0 Å². The van der Waals surface area contributed by atoms with Gasteiger partial charge in [0, 0.05) is 17.1 Å². The van der Waals surface area contributed by atoms with Gasteiger partial charge in [-0.3, -0.25) is 9.69 Å². The molecule has 0 unspecified atom stereocenters. The highest BCUT2D eigenvalue weighted by Crippen LogP contribution is 2.30. The van der Waals surface area contributed by atoms with Gasteiger partial charge in [0.15, 0.2) is 5.17 Å². The Morgan fingerprint density at radius 2 is 1.87 bits per heavy atom. The second-order valence-corrected chi connectivity index (χ2v) is 8.48. The molecule has 156 valence electrons. The highest BCUT2D eigenvalue weighted by atomic mass is 35.5. The van der Waals surface area contributed by atoms with Gasteiger partial charge in [-0.15, -0.1) is 11.7 Å². The first-order valence-corrected chi connectivity index (χ1v) is 11.0.